The minimum Gasteiger partial charge on any atom is -0.327 e. The van der Waals surface area contributed by atoms with Crippen molar-refractivity contribution in [1.29, 1.82) is 0 Å². The predicted molar refractivity (Wildman–Crippen MR) is 52.9 cm³/mol. The lowest BCUT2D eigenvalue weighted by Crippen LogP contribution is -2.21. The van der Waals surface area contributed by atoms with E-state index in [1.54, 1.807) is 0 Å². The Morgan fingerprint density at radius 3 is 2.58 bits per heavy atom. The molecule has 0 saturated carbocycles. The van der Waals surface area contributed by atoms with Crippen LogP contribution in [0.5, 0.6) is 0 Å². The quantitative estimate of drug-likeness (QED) is 0.673. The van der Waals surface area contributed by atoms with Crippen LogP contribution in [0.15, 0.2) is 43.0 Å². The van der Waals surface area contributed by atoms with Gasteiger partial charge in [0.2, 0.25) is 0 Å². The Balaban J connectivity index is 2.46. The molecule has 1 heteroatoms. The normalized spacial score (nSPS) is 12.4. The van der Waals surface area contributed by atoms with Gasteiger partial charge in [-0.2, -0.15) is 0 Å². The average molecular weight is 161 g/mol. The van der Waals surface area contributed by atoms with Crippen LogP contribution in [0.3, 0.4) is 0 Å². The first-order valence-corrected chi connectivity index (χ1v) is 4.23. The Hall–Kier alpha value is -1.08. The van der Waals surface area contributed by atoms with E-state index in [4.69, 9.17) is 5.73 Å². The van der Waals surface area contributed by atoms with Crippen molar-refractivity contribution in [1.82, 2.24) is 0 Å². The fraction of sp³-hybridized carbons (Fsp3) is 0.273. The highest BCUT2D eigenvalue weighted by Gasteiger charge is 1.99. The molecule has 0 aromatic heterocycles. The summed E-state index contributed by atoms with van der Waals surface area (Å²) in [5.74, 6) is 0. The van der Waals surface area contributed by atoms with Gasteiger partial charge in [0.15, 0.2) is 0 Å². The van der Waals surface area contributed by atoms with Gasteiger partial charge >= 0.3 is 0 Å². The van der Waals surface area contributed by atoms with E-state index in [-0.39, 0.29) is 6.04 Å². The van der Waals surface area contributed by atoms with E-state index in [9.17, 15) is 0 Å². The van der Waals surface area contributed by atoms with Crippen molar-refractivity contribution in [2.75, 3.05) is 0 Å². The molecule has 1 nitrogen and oxygen atoms in total. The number of rotatable bonds is 4. The lowest BCUT2D eigenvalue weighted by Gasteiger charge is -2.07. The third kappa shape index (κ3) is 2.89. The van der Waals surface area contributed by atoms with E-state index in [0.29, 0.717) is 0 Å². The van der Waals surface area contributed by atoms with Gasteiger partial charge in [0.05, 0.1) is 0 Å². The van der Waals surface area contributed by atoms with Crippen molar-refractivity contribution in [3.63, 3.8) is 0 Å². The highest BCUT2D eigenvalue weighted by molar-refractivity contribution is 5.15. The molecule has 1 unspecified atom stereocenters. The van der Waals surface area contributed by atoms with Gasteiger partial charge in [0.1, 0.15) is 0 Å². The number of hydrogen-bond donors (Lipinski definition) is 1. The van der Waals surface area contributed by atoms with Crippen molar-refractivity contribution in [3.05, 3.63) is 48.6 Å². The van der Waals surface area contributed by atoms with Gasteiger partial charge in [-0.3, -0.25) is 0 Å². The summed E-state index contributed by atoms with van der Waals surface area (Å²) < 4.78 is 0. The monoisotopic (exact) mass is 161 g/mol. The van der Waals surface area contributed by atoms with Gasteiger partial charge in [-0.15, -0.1) is 6.58 Å². The van der Waals surface area contributed by atoms with E-state index in [1.165, 1.54) is 5.56 Å². The predicted octanol–water partition coefficient (Wildman–Crippen LogP) is 2.13. The molecule has 12 heavy (non-hydrogen) atoms. The van der Waals surface area contributed by atoms with Crippen molar-refractivity contribution in [2.45, 2.75) is 18.9 Å². The zero-order valence-corrected chi connectivity index (χ0v) is 7.24. The Kier molecular flexibility index (Phi) is 3.55. The first kappa shape index (κ1) is 9.01. The van der Waals surface area contributed by atoms with Gasteiger partial charge in [-0.1, -0.05) is 36.4 Å². The molecule has 1 aromatic rings. The number of hydrogen-bond acceptors (Lipinski definition) is 1. The van der Waals surface area contributed by atoms with E-state index in [1.807, 2.05) is 24.3 Å². The van der Waals surface area contributed by atoms with Crippen LogP contribution in [0.4, 0.5) is 0 Å². The van der Waals surface area contributed by atoms with Crippen LogP contribution in [0.2, 0.25) is 0 Å². The second kappa shape index (κ2) is 4.73. The zero-order chi connectivity index (χ0) is 8.81. The smallest absolute Gasteiger partial charge is 0.0114 e. The summed E-state index contributed by atoms with van der Waals surface area (Å²) in [4.78, 5) is 0. The molecule has 1 aromatic carbocycles. The Morgan fingerprint density at radius 2 is 2.00 bits per heavy atom. The molecule has 0 heterocycles. The molecule has 2 N–H and O–H groups in total. The first-order valence-electron chi connectivity index (χ1n) is 4.23. The standard InChI is InChI=1S/C11H15N/c1-2-6-11(12)9-10-7-4-3-5-8-10/h2-5,7-8,11H,1,6,9,12H2. The van der Waals surface area contributed by atoms with Crippen LogP contribution in [0, 0.1) is 0 Å². The fourth-order valence-corrected chi connectivity index (χ4v) is 1.21. The maximum Gasteiger partial charge on any atom is 0.0114 e. The van der Waals surface area contributed by atoms with Crippen LogP contribution in [0.25, 0.3) is 0 Å². The van der Waals surface area contributed by atoms with Crippen LogP contribution < -0.4 is 5.73 Å². The molecular formula is C11H15N. The van der Waals surface area contributed by atoms with Crippen LogP contribution in [0.1, 0.15) is 12.0 Å². The molecule has 0 amide bonds. The molecular weight excluding hydrogens is 146 g/mol. The summed E-state index contributed by atoms with van der Waals surface area (Å²) in [6.45, 7) is 3.66. The SMILES string of the molecule is C=CCC(N)Cc1ccccc1. The van der Waals surface area contributed by atoms with E-state index in [2.05, 4.69) is 18.7 Å². The van der Waals surface area contributed by atoms with Gasteiger partial charge in [-0.25, -0.2) is 0 Å². The molecule has 0 aliphatic heterocycles. The summed E-state index contributed by atoms with van der Waals surface area (Å²) >= 11 is 0. The molecule has 0 spiro atoms. The minimum absolute atomic E-state index is 0.213. The Bertz CT molecular complexity index is 228. The highest BCUT2D eigenvalue weighted by atomic mass is 14.6. The van der Waals surface area contributed by atoms with E-state index < -0.39 is 0 Å². The first-order chi connectivity index (χ1) is 5.83. The molecule has 0 fully saturated rings. The summed E-state index contributed by atoms with van der Waals surface area (Å²) in [6.07, 6.45) is 3.69. The molecule has 0 saturated heterocycles. The summed E-state index contributed by atoms with van der Waals surface area (Å²) in [6, 6.07) is 10.5. The maximum atomic E-state index is 5.84. The molecule has 0 aliphatic carbocycles. The van der Waals surface area contributed by atoms with Crippen molar-refractivity contribution >= 4 is 0 Å². The van der Waals surface area contributed by atoms with Crippen LogP contribution in [-0.4, -0.2) is 6.04 Å². The summed E-state index contributed by atoms with van der Waals surface area (Å²) in [7, 11) is 0. The molecule has 0 aliphatic rings. The van der Waals surface area contributed by atoms with Crippen LogP contribution in [-0.2, 0) is 6.42 Å². The average Bonchev–Trinajstić information content (AvgIpc) is 2.06. The molecule has 1 atom stereocenters. The third-order valence-electron chi connectivity index (χ3n) is 1.81. The van der Waals surface area contributed by atoms with Gasteiger partial charge in [0.25, 0.3) is 0 Å². The van der Waals surface area contributed by atoms with Gasteiger partial charge in [-0.05, 0) is 18.4 Å². The Morgan fingerprint density at radius 1 is 1.33 bits per heavy atom. The highest BCUT2D eigenvalue weighted by Crippen LogP contribution is 2.03. The molecule has 0 bridgehead atoms. The van der Waals surface area contributed by atoms with Gasteiger partial charge in [0, 0.05) is 6.04 Å². The number of benzene rings is 1. The summed E-state index contributed by atoms with van der Waals surface area (Å²) in [5, 5.41) is 0. The maximum absolute atomic E-state index is 5.84. The van der Waals surface area contributed by atoms with Crippen molar-refractivity contribution in [2.24, 2.45) is 5.73 Å². The number of nitrogens with two attached hydrogens (primary N) is 1. The fourth-order valence-electron chi connectivity index (χ4n) is 1.21. The summed E-state index contributed by atoms with van der Waals surface area (Å²) in [5.41, 5.74) is 7.14. The van der Waals surface area contributed by atoms with E-state index >= 15 is 0 Å². The largest absolute Gasteiger partial charge is 0.327 e. The Labute approximate surface area is 73.9 Å². The second-order valence-corrected chi connectivity index (χ2v) is 2.97. The topological polar surface area (TPSA) is 26.0 Å². The van der Waals surface area contributed by atoms with E-state index in [0.717, 1.165) is 12.8 Å². The zero-order valence-electron chi connectivity index (χ0n) is 7.24. The molecule has 1 rings (SSSR count). The minimum atomic E-state index is 0.213. The molecule has 64 valence electrons. The third-order valence-corrected chi connectivity index (χ3v) is 1.81. The van der Waals surface area contributed by atoms with Crippen molar-refractivity contribution in [3.8, 4) is 0 Å². The lowest BCUT2D eigenvalue weighted by atomic mass is 10.0. The van der Waals surface area contributed by atoms with Crippen LogP contribution >= 0.6 is 0 Å². The lowest BCUT2D eigenvalue weighted by molar-refractivity contribution is 0.680. The van der Waals surface area contributed by atoms with Gasteiger partial charge < -0.3 is 5.73 Å². The van der Waals surface area contributed by atoms with Crippen molar-refractivity contribution < 1.29 is 0 Å². The molecule has 0 radical (unpaired) electrons. The second-order valence-electron chi connectivity index (χ2n) is 2.97.